The maximum absolute atomic E-state index is 13.2. The van der Waals surface area contributed by atoms with Crippen LogP contribution >= 0.6 is 11.6 Å². The molecule has 1 heterocycles. The van der Waals surface area contributed by atoms with E-state index in [0.29, 0.717) is 22.5 Å². The van der Waals surface area contributed by atoms with Gasteiger partial charge in [-0.05, 0) is 50.1 Å². The number of nitrogens with one attached hydrogen (secondary N) is 1. The number of halogens is 1. The quantitative estimate of drug-likeness (QED) is 0.574. The van der Waals surface area contributed by atoms with Crippen molar-refractivity contribution < 1.29 is 9.59 Å². The van der Waals surface area contributed by atoms with Gasteiger partial charge in [-0.25, -0.2) is 4.98 Å². The summed E-state index contributed by atoms with van der Waals surface area (Å²) in [6, 6.07) is 14.5. The Hall–Kier alpha value is -2.86. The third kappa shape index (κ3) is 4.80. The number of rotatable bonds is 6. The van der Waals surface area contributed by atoms with Gasteiger partial charge in [0.15, 0.2) is 0 Å². The number of hydrogen-bond acceptors (Lipinski definition) is 3. The maximum atomic E-state index is 13.2. The second kappa shape index (κ2) is 9.74. The largest absolute Gasteiger partial charge is 0.342 e. The monoisotopic (exact) mass is 452 g/mol. The van der Waals surface area contributed by atoms with Crippen LogP contribution in [0.2, 0.25) is 5.02 Å². The van der Waals surface area contributed by atoms with Crippen molar-refractivity contribution in [3.63, 3.8) is 0 Å². The number of carbonyl (C=O) groups is 2. The average molecular weight is 453 g/mol. The highest BCUT2D eigenvalue weighted by atomic mass is 35.5. The third-order valence-electron chi connectivity index (χ3n) is 6.31. The van der Waals surface area contributed by atoms with E-state index in [-0.39, 0.29) is 24.4 Å². The highest BCUT2D eigenvalue weighted by Crippen LogP contribution is 2.24. The first-order chi connectivity index (χ1) is 15.4. The lowest BCUT2D eigenvalue weighted by Gasteiger charge is -2.31. The molecule has 0 spiro atoms. The van der Waals surface area contributed by atoms with Gasteiger partial charge in [0.1, 0.15) is 12.4 Å². The summed E-state index contributed by atoms with van der Waals surface area (Å²) in [4.78, 5) is 32.6. The summed E-state index contributed by atoms with van der Waals surface area (Å²) >= 11 is 6.03. The molecule has 1 aromatic heterocycles. The van der Waals surface area contributed by atoms with E-state index < -0.39 is 0 Å². The fraction of sp³-hybridized carbons (Fsp3) is 0.400. The average Bonchev–Trinajstić information content (AvgIpc) is 3.17. The summed E-state index contributed by atoms with van der Waals surface area (Å²) in [6.45, 7) is 2.08. The first kappa shape index (κ1) is 22.3. The smallest absolute Gasteiger partial charge is 0.251 e. The van der Waals surface area contributed by atoms with Gasteiger partial charge in [0.25, 0.3) is 5.91 Å². The number of para-hydroxylation sites is 2. The van der Waals surface area contributed by atoms with Crippen LogP contribution in [0.25, 0.3) is 11.0 Å². The molecular formula is C25H29ClN4O2. The molecule has 1 unspecified atom stereocenters. The van der Waals surface area contributed by atoms with Crippen LogP contribution in [0, 0.1) is 0 Å². The second-order valence-electron chi connectivity index (χ2n) is 8.55. The van der Waals surface area contributed by atoms with Crippen LogP contribution in [0.5, 0.6) is 0 Å². The highest BCUT2D eigenvalue weighted by Gasteiger charge is 2.25. The summed E-state index contributed by atoms with van der Waals surface area (Å²) in [6.07, 6.45) is 5.72. The Morgan fingerprint density at radius 2 is 1.91 bits per heavy atom. The van der Waals surface area contributed by atoms with Gasteiger partial charge in [0.2, 0.25) is 5.91 Å². The molecule has 4 rings (SSSR count). The number of likely N-dealkylation sites (N-methyl/N-ethyl adjacent to an activating group) is 1. The molecule has 2 amide bonds. The van der Waals surface area contributed by atoms with Crippen molar-refractivity contribution >= 4 is 34.4 Å². The molecule has 0 aliphatic heterocycles. The molecule has 1 aliphatic rings. The van der Waals surface area contributed by atoms with E-state index in [4.69, 9.17) is 16.6 Å². The van der Waals surface area contributed by atoms with Crippen molar-refractivity contribution in [2.24, 2.45) is 0 Å². The van der Waals surface area contributed by atoms with Crippen LogP contribution in [-0.4, -0.2) is 39.4 Å². The van der Waals surface area contributed by atoms with Crippen molar-refractivity contribution in [2.45, 2.75) is 57.7 Å². The van der Waals surface area contributed by atoms with Crippen LogP contribution in [0.4, 0.5) is 0 Å². The topological polar surface area (TPSA) is 67.2 Å². The van der Waals surface area contributed by atoms with Crippen molar-refractivity contribution in [2.75, 3.05) is 7.05 Å². The minimum atomic E-state index is -0.387. The lowest BCUT2D eigenvalue weighted by atomic mass is 9.94. The van der Waals surface area contributed by atoms with Gasteiger partial charge < -0.3 is 14.8 Å². The van der Waals surface area contributed by atoms with E-state index in [1.807, 2.05) is 47.7 Å². The zero-order chi connectivity index (χ0) is 22.7. The van der Waals surface area contributed by atoms with Crippen LogP contribution in [0.1, 0.15) is 61.3 Å². The Labute approximate surface area is 193 Å². The molecule has 3 aromatic rings. The minimum absolute atomic E-state index is 0.0645. The third-order valence-corrected chi connectivity index (χ3v) is 6.55. The molecule has 168 valence electrons. The van der Waals surface area contributed by atoms with Gasteiger partial charge in [0, 0.05) is 23.7 Å². The van der Waals surface area contributed by atoms with E-state index in [1.165, 1.54) is 19.3 Å². The molecule has 1 atom stereocenters. The number of fused-ring (bicyclic) bond motifs is 1. The predicted octanol–water partition coefficient (Wildman–Crippen LogP) is 4.97. The molecule has 7 heteroatoms. The van der Waals surface area contributed by atoms with Crippen molar-refractivity contribution in [1.82, 2.24) is 19.8 Å². The van der Waals surface area contributed by atoms with Crippen molar-refractivity contribution in [3.05, 3.63) is 64.9 Å². The zero-order valence-electron chi connectivity index (χ0n) is 18.6. The lowest BCUT2D eigenvalue weighted by Crippen LogP contribution is -2.40. The standard InChI is InChI=1S/C25H29ClN4O2/c1-17(27-25(32)18-9-8-10-19(26)15-18)24-28-21-13-6-7-14-22(21)30(24)16-23(31)29(2)20-11-4-3-5-12-20/h6-10,13-15,17,20H,3-5,11-12,16H2,1-2H3,(H,27,32). The number of amides is 2. The van der Waals surface area contributed by atoms with Gasteiger partial charge in [-0.3, -0.25) is 9.59 Å². The molecule has 1 N–H and O–H groups in total. The van der Waals surface area contributed by atoms with Crippen LogP contribution < -0.4 is 5.32 Å². The highest BCUT2D eigenvalue weighted by molar-refractivity contribution is 6.30. The molecule has 32 heavy (non-hydrogen) atoms. The zero-order valence-corrected chi connectivity index (χ0v) is 19.3. The number of benzene rings is 2. The number of nitrogens with zero attached hydrogens (tertiary/aromatic N) is 3. The van der Waals surface area contributed by atoms with E-state index in [2.05, 4.69) is 5.32 Å². The summed E-state index contributed by atoms with van der Waals surface area (Å²) in [5.74, 6) is 0.492. The predicted molar refractivity (Wildman–Crippen MR) is 127 cm³/mol. The Balaban J connectivity index is 1.58. The Bertz CT molecular complexity index is 1120. The Morgan fingerprint density at radius 1 is 1.16 bits per heavy atom. The number of imidazole rings is 1. The summed E-state index contributed by atoms with van der Waals surface area (Å²) < 4.78 is 1.93. The first-order valence-electron chi connectivity index (χ1n) is 11.2. The van der Waals surface area contributed by atoms with Crippen LogP contribution in [0.3, 0.4) is 0 Å². The Morgan fingerprint density at radius 3 is 2.66 bits per heavy atom. The van der Waals surface area contributed by atoms with Gasteiger partial charge in [0.05, 0.1) is 17.1 Å². The first-order valence-corrected chi connectivity index (χ1v) is 11.6. The Kier molecular flexibility index (Phi) is 6.80. The molecule has 1 fully saturated rings. The van der Waals surface area contributed by atoms with E-state index >= 15 is 0 Å². The normalized spacial score (nSPS) is 15.5. The van der Waals surface area contributed by atoms with Gasteiger partial charge in [-0.15, -0.1) is 0 Å². The minimum Gasteiger partial charge on any atom is -0.342 e. The lowest BCUT2D eigenvalue weighted by molar-refractivity contribution is -0.133. The van der Waals surface area contributed by atoms with E-state index in [0.717, 1.165) is 23.9 Å². The molecule has 0 bridgehead atoms. The van der Waals surface area contributed by atoms with Crippen LogP contribution in [-0.2, 0) is 11.3 Å². The molecule has 1 saturated carbocycles. The summed E-state index contributed by atoms with van der Waals surface area (Å²) in [5, 5.41) is 3.51. The SMILES string of the molecule is CC(NC(=O)c1cccc(Cl)c1)c1nc2ccccc2n1CC(=O)N(C)C1CCCCC1. The van der Waals surface area contributed by atoms with Gasteiger partial charge >= 0.3 is 0 Å². The van der Waals surface area contributed by atoms with Crippen molar-refractivity contribution in [1.29, 1.82) is 0 Å². The molecule has 2 aromatic carbocycles. The fourth-order valence-electron chi connectivity index (χ4n) is 4.48. The fourth-order valence-corrected chi connectivity index (χ4v) is 4.67. The van der Waals surface area contributed by atoms with Gasteiger partial charge in [-0.1, -0.05) is 49.1 Å². The molecular weight excluding hydrogens is 424 g/mol. The number of carbonyl (C=O) groups excluding carboxylic acids is 2. The van der Waals surface area contributed by atoms with E-state index in [9.17, 15) is 9.59 Å². The van der Waals surface area contributed by atoms with Crippen molar-refractivity contribution in [3.8, 4) is 0 Å². The van der Waals surface area contributed by atoms with E-state index in [1.54, 1.807) is 24.3 Å². The molecule has 0 radical (unpaired) electrons. The van der Waals surface area contributed by atoms with Gasteiger partial charge in [-0.2, -0.15) is 0 Å². The number of aromatic nitrogens is 2. The maximum Gasteiger partial charge on any atom is 0.251 e. The molecule has 6 nitrogen and oxygen atoms in total. The number of hydrogen-bond donors (Lipinski definition) is 1. The summed E-state index contributed by atoms with van der Waals surface area (Å²) in [7, 11) is 1.90. The second-order valence-corrected chi connectivity index (χ2v) is 8.98. The molecule has 0 saturated heterocycles. The van der Waals surface area contributed by atoms with Crippen LogP contribution in [0.15, 0.2) is 48.5 Å². The summed E-state index contributed by atoms with van der Waals surface area (Å²) in [5.41, 5.74) is 2.18. The molecule has 1 aliphatic carbocycles.